The second-order valence-electron chi connectivity index (χ2n) is 10.4. The molecule has 3 aromatic rings. The van der Waals surface area contributed by atoms with Gasteiger partial charge in [0.25, 0.3) is 0 Å². The molecule has 1 heterocycles. The average molecular weight is 595 g/mol. The lowest BCUT2D eigenvalue weighted by atomic mass is 9.71. The third kappa shape index (κ3) is 4.93. The van der Waals surface area contributed by atoms with Crippen LogP contribution in [0.2, 0.25) is 0 Å². The first-order valence-electron chi connectivity index (χ1n) is 13.6. The number of esters is 2. The topological polar surface area (TPSA) is 128 Å². The lowest BCUT2D eigenvalue weighted by Gasteiger charge is -2.43. The molecular weight excluding hydrogens is 560 g/mol. The van der Waals surface area contributed by atoms with Gasteiger partial charge in [-0.1, -0.05) is 25.1 Å². The van der Waals surface area contributed by atoms with Crippen molar-refractivity contribution in [1.29, 1.82) is 0 Å². The standard InChI is InChI=1S/C32H34O11/c1-16-25(42-17(2)33)19-13-22-27(41-15-40-22)29(39-7)23(19)24-20(14-21(36-4)26(37-5)28(24)38-6)30(32(16,3)35)43-31(34)18-11-9-8-10-12-18/h8-14,16,25,30,35H,15H2,1-7H3. The summed E-state index contributed by atoms with van der Waals surface area (Å²) in [4.78, 5) is 26.1. The Labute approximate surface area is 249 Å². The molecule has 11 heteroatoms. The van der Waals surface area contributed by atoms with E-state index in [9.17, 15) is 14.7 Å². The molecule has 0 aromatic heterocycles. The number of ether oxygens (including phenoxy) is 8. The SMILES string of the molecule is COc1cc2c(c(OC)c1OC)-c1c(cc3c(c1OC)OCO3)C(OC(C)=O)C(C)C(C)(O)C2OC(=O)c1ccccc1. The van der Waals surface area contributed by atoms with E-state index in [1.165, 1.54) is 42.3 Å². The third-order valence-corrected chi connectivity index (χ3v) is 7.99. The summed E-state index contributed by atoms with van der Waals surface area (Å²) >= 11 is 0. The van der Waals surface area contributed by atoms with Crippen LogP contribution in [0.1, 0.15) is 54.5 Å². The van der Waals surface area contributed by atoms with Gasteiger partial charge in [-0.25, -0.2) is 4.79 Å². The number of rotatable bonds is 7. The predicted octanol–water partition coefficient (Wildman–Crippen LogP) is 5.02. The van der Waals surface area contributed by atoms with Crippen LogP contribution < -0.4 is 28.4 Å². The maximum Gasteiger partial charge on any atom is 0.338 e. The molecule has 3 aromatic carbocycles. The molecule has 0 saturated heterocycles. The van der Waals surface area contributed by atoms with Gasteiger partial charge in [0.1, 0.15) is 11.7 Å². The van der Waals surface area contributed by atoms with Crippen molar-refractivity contribution < 1.29 is 52.6 Å². The molecule has 0 fully saturated rings. The Kier molecular flexibility index (Phi) is 8.02. The van der Waals surface area contributed by atoms with Crippen LogP contribution in [-0.2, 0) is 14.3 Å². The minimum absolute atomic E-state index is 0.0622. The number of methoxy groups -OCH3 is 4. The minimum atomic E-state index is -1.83. The third-order valence-electron chi connectivity index (χ3n) is 7.99. The Morgan fingerprint density at radius 3 is 2.12 bits per heavy atom. The Bertz CT molecular complexity index is 1550. The van der Waals surface area contributed by atoms with Crippen molar-refractivity contribution in [3.63, 3.8) is 0 Å². The van der Waals surface area contributed by atoms with Gasteiger partial charge < -0.3 is 43.0 Å². The summed E-state index contributed by atoms with van der Waals surface area (Å²) in [5.41, 5.74) is -0.0149. The largest absolute Gasteiger partial charge is 0.493 e. The monoisotopic (exact) mass is 594 g/mol. The van der Waals surface area contributed by atoms with Crippen molar-refractivity contribution in [2.24, 2.45) is 5.92 Å². The molecule has 4 unspecified atom stereocenters. The first-order valence-corrected chi connectivity index (χ1v) is 13.6. The molecule has 0 saturated carbocycles. The lowest BCUT2D eigenvalue weighted by molar-refractivity contribution is -0.166. The zero-order chi connectivity index (χ0) is 31.1. The Morgan fingerprint density at radius 2 is 1.51 bits per heavy atom. The molecule has 1 aliphatic carbocycles. The fourth-order valence-electron chi connectivity index (χ4n) is 5.75. The fourth-order valence-corrected chi connectivity index (χ4v) is 5.75. The van der Waals surface area contributed by atoms with Crippen LogP contribution in [0.25, 0.3) is 11.1 Å². The summed E-state index contributed by atoms with van der Waals surface area (Å²) in [7, 11) is 5.84. The first-order chi connectivity index (χ1) is 20.6. The van der Waals surface area contributed by atoms with Gasteiger partial charge in [-0.3, -0.25) is 4.79 Å². The number of hydrogen-bond donors (Lipinski definition) is 1. The number of hydrogen-bond acceptors (Lipinski definition) is 11. The molecule has 0 amide bonds. The van der Waals surface area contributed by atoms with E-state index in [1.807, 2.05) is 0 Å². The van der Waals surface area contributed by atoms with Gasteiger partial charge in [-0.05, 0) is 31.2 Å². The number of benzene rings is 3. The molecule has 0 bridgehead atoms. The van der Waals surface area contributed by atoms with Gasteiger partial charge in [0.2, 0.25) is 18.3 Å². The van der Waals surface area contributed by atoms with E-state index in [0.29, 0.717) is 33.8 Å². The first kappa shape index (κ1) is 29.8. The van der Waals surface area contributed by atoms with Crippen LogP contribution in [-0.4, -0.2) is 57.9 Å². The van der Waals surface area contributed by atoms with Crippen LogP contribution in [0, 0.1) is 5.92 Å². The lowest BCUT2D eigenvalue weighted by Crippen LogP contribution is -2.46. The average Bonchev–Trinajstić information content (AvgIpc) is 3.48. The number of fused-ring (bicyclic) bond motifs is 4. The molecule has 0 radical (unpaired) electrons. The van der Waals surface area contributed by atoms with E-state index in [2.05, 4.69) is 0 Å². The Hall–Kier alpha value is -4.64. The summed E-state index contributed by atoms with van der Waals surface area (Å²) in [5, 5.41) is 12.4. The van der Waals surface area contributed by atoms with Crippen molar-refractivity contribution in [3.05, 3.63) is 59.2 Å². The molecule has 228 valence electrons. The molecule has 11 nitrogen and oxygen atoms in total. The van der Waals surface area contributed by atoms with Crippen LogP contribution >= 0.6 is 0 Å². The maximum atomic E-state index is 13.6. The van der Waals surface area contributed by atoms with E-state index in [-0.39, 0.29) is 35.4 Å². The van der Waals surface area contributed by atoms with Crippen molar-refractivity contribution in [2.75, 3.05) is 35.2 Å². The van der Waals surface area contributed by atoms with Crippen molar-refractivity contribution >= 4 is 11.9 Å². The van der Waals surface area contributed by atoms with E-state index in [4.69, 9.17) is 37.9 Å². The zero-order valence-corrected chi connectivity index (χ0v) is 25.0. The highest BCUT2D eigenvalue weighted by Gasteiger charge is 2.51. The van der Waals surface area contributed by atoms with Crippen molar-refractivity contribution in [1.82, 2.24) is 0 Å². The molecule has 4 atom stereocenters. The summed E-state index contributed by atoms with van der Waals surface area (Å²) in [6.07, 6.45) is -2.39. The number of aliphatic hydroxyl groups is 1. The second kappa shape index (κ2) is 11.6. The quantitative estimate of drug-likeness (QED) is 0.370. The second-order valence-corrected chi connectivity index (χ2v) is 10.4. The van der Waals surface area contributed by atoms with Gasteiger partial charge in [0.05, 0.1) is 34.0 Å². The molecule has 0 spiro atoms. The van der Waals surface area contributed by atoms with Gasteiger partial charge in [0.15, 0.2) is 29.1 Å². The van der Waals surface area contributed by atoms with Crippen LogP contribution in [0.5, 0.6) is 34.5 Å². The van der Waals surface area contributed by atoms with Gasteiger partial charge >= 0.3 is 11.9 Å². The van der Waals surface area contributed by atoms with E-state index < -0.39 is 35.7 Å². The van der Waals surface area contributed by atoms with Gasteiger partial charge in [-0.15, -0.1) is 0 Å². The molecule has 1 aliphatic heterocycles. The highest BCUT2D eigenvalue weighted by atomic mass is 16.7. The summed E-state index contributed by atoms with van der Waals surface area (Å²) < 4.78 is 46.8. The smallest absolute Gasteiger partial charge is 0.338 e. The van der Waals surface area contributed by atoms with Crippen molar-refractivity contribution in [3.8, 4) is 45.6 Å². The highest BCUT2D eigenvalue weighted by molar-refractivity contribution is 5.92. The maximum absolute atomic E-state index is 13.6. The van der Waals surface area contributed by atoms with Gasteiger partial charge in [-0.2, -0.15) is 0 Å². The fraction of sp³-hybridized carbons (Fsp3) is 0.375. The molecule has 1 N–H and O–H groups in total. The number of carbonyl (C=O) groups excluding carboxylic acids is 2. The molecule has 43 heavy (non-hydrogen) atoms. The van der Waals surface area contributed by atoms with Crippen LogP contribution in [0.4, 0.5) is 0 Å². The van der Waals surface area contributed by atoms with E-state index in [1.54, 1.807) is 49.4 Å². The minimum Gasteiger partial charge on any atom is -0.493 e. The molecular formula is C32H34O11. The van der Waals surface area contributed by atoms with Crippen LogP contribution in [0.3, 0.4) is 0 Å². The highest BCUT2D eigenvalue weighted by Crippen LogP contribution is 2.61. The Balaban J connectivity index is 1.93. The van der Waals surface area contributed by atoms with E-state index in [0.717, 1.165) is 0 Å². The predicted molar refractivity (Wildman–Crippen MR) is 153 cm³/mol. The zero-order valence-electron chi connectivity index (χ0n) is 25.0. The van der Waals surface area contributed by atoms with Crippen molar-refractivity contribution in [2.45, 2.75) is 38.6 Å². The number of carbonyl (C=O) groups is 2. The molecule has 5 rings (SSSR count). The molecule has 2 aliphatic rings. The van der Waals surface area contributed by atoms with Crippen LogP contribution in [0.15, 0.2) is 42.5 Å². The summed E-state index contributed by atoms with van der Waals surface area (Å²) in [6, 6.07) is 11.7. The normalized spacial score (nSPS) is 21.8. The summed E-state index contributed by atoms with van der Waals surface area (Å²) in [6.45, 7) is 4.45. The summed E-state index contributed by atoms with van der Waals surface area (Å²) in [5.74, 6) is -0.467. The Morgan fingerprint density at radius 1 is 0.860 bits per heavy atom. The van der Waals surface area contributed by atoms with E-state index >= 15 is 0 Å². The van der Waals surface area contributed by atoms with Gasteiger partial charge in [0, 0.05) is 35.1 Å².